The third-order valence-electron chi connectivity index (χ3n) is 6.95. The van der Waals surface area contributed by atoms with Gasteiger partial charge in [-0.05, 0) is 80.0 Å². The highest BCUT2D eigenvalue weighted by Gasteiger charge is 2.28. The maximum Gasteiger partial charge on any atom is 0.270 e. The molecule has 0 atom stereocenters. The lowest BCUT2D eigenvalue weighted by Gasteiger charge is -2.21. The predicted molar refractivity (Wildman–Crippen MR) is 131 cm³/mol. The number of hydrogen-bond acceptors (Lipinski definition) is 3. The fourth-order valence-electron chi connectivity index (χ4n) is 4.98. The molecule has 0 spiro atoms. The Kier molecular flexibility index (Phi) is 7.43. The molecule has 0 aliphatic heterocycles. The van der Waals surface area contributed by atoms with E-state index in [-0.39, 0.29) is 18.0 Å². The molecule has 0 saturated carbocycles. The number of carbonyl (C=O) groups is 1. The number of hydrogen-bond donors (Lipinski definition) is 0. The van der Waals surface area contributed by atoms with Crippen LogP contribution in [0.4, 0.5) is 8.78 Å². The fraction of sp³-hybridized carbons (Fsp3) is 0.393. The van der Waals surface area contributed by atoms with Crippen LogP contribution in [0.2, 0.25) is 0 Å². The third kappa shape index (κ3) is 4.90. The highest BCUT2D eigenvalue weighted by Crippen LogP contribution is 2.32. The molecule has 0 saturated heterocycles. The van der Waals surface area contributed by atoms with E-state index in [2.05, 4.69) is 0 Å². The Morgan fingerprint density at radius 1 is 1.03 bits per heavy atom. The van der Waals surface area contributed by atoms with E-state index >= 15 is 0 Å². The molecule has 2 aromatic carbocycles. The predicted octanol–water partition coefficient (Wildman–Crippen LogP) is 5.33. The summed E-state index contributed by atoms with van der Waals surface area (Å²) >= 11 is 0. The Morgan fingerprint density at radius 3 is 2.40 bits per heavy atom. The summed E-state index contributed by atoms with van der Waals surface area (Å²) in [5.74, 6) is -0.0419. The first-order valence-electron chi connectivity index (χ1n) is 12.0. The SMILES string of the molecule is COc1ccc(CCN(C)C(=O)c2c(C)c3c(n2Cc2c(F)cccc2F)CCCC3)cc1OC. The van der Waals surface area contributed by atoms with Crippen molar-refractivity contribution in [3.63, 3.8) is 0 Å². The van der Waals surface area contributed by atoms with Gasteiger partial charge in [-0.15, -0.1) is 0 Å². The van der Waals surface area contributed by atoms with Crippen molar-refractivity contribution in [3.8, 4) is 11.5 Å². The molecule has 3 aromatic rings. The van der Waals surface area contributed by atoms with E-state index in [1.165, 1.54) is 18.2 Å². The number of aromatic nitrogens is 1. The highest BCUT2D eigenvalue weighted by atomic mass is 19.1. The summed E-state index contributed by atoms with van der Waals surface area (Å²) in [6, 6.07) is 9.59. The number of benzene rings is 2. The second-order valence-corrected chi connectivity index (χ2v) is 9.06. The number of rotatable bonds is 8. The molecule has 1 heterocycles. The summed E-state index contributed by atoms with van der Waals surface area (Å²) < 4.78 is 41.6. The summed E-state index contributed by atoms with van der Waals surface area (Å²) in [4.78, 5) is 15.4. The minimum atomic E-state index is -0.596. The second-order valence-electron chi connectivity index (χ2n) is 9.06. The molecule has 0 bridgehead atoms. The molecule has 4 rings (SSSR count). The summed E-state index contributed by atoms with van der Waals surface area (Å²) in [5, 5.41) is 0. The normalized spacial score (nSPS) is 12.9. The molecular formula is C28H32F2N2O3. The van der Waals surface area contributed by atoms with Gasteiger partial charge in [-0.25, -0.2) is 8.78 Å². The maximum absolute atomic E-state index is 14.5. The number of halogens is 2. The van der Waals surface area contributed by atoms with Crippen LogP contribution in [0.3, 0.4) is 0 Å². The smallest absolute Gasteiger partial charge is 0.270 e. The van der Waals surface area contributed by atoms with Crippen molar-refractivity contribution in [1.82, 2.24) is 9.47 Å². The van der Waals surface area contributed by atoms with Gasteiger partial charge in [0.1, 0.15) is 17.3 Å². The molecule has 0 fully saturated rings. The molecule has 35 heavy (non-hydrogen) atoms. The van der Waals surface area contributed by atoms with Crippen molar-refractivity contribution in [2.45, 2.75) is 45.6 Å². The monoisotopic (exact) mass is 482 g/mol. The Hall–Kier alpha value is -3.35. The molecular weight excluding hydrogens is 450 g/mol. The van der Waals surface area contributed by atoms with Crippen LogP contribution >= 0.6 is 0 Å². The summed E-state index contributed by atoms with van der Waals surface area (Å²) in [6.45, 7) is 2.44. The minimum Gasteiger partial charge on any atom is -0.493 e. The van der Waals surface area contributed by atoms with Crippen molar-refractivity contribution in [2.75, 3.05) is 27.8 Å². The Morgan fingerprint density at radius 2 is 1.71 bits per heavy atom. The summed E-state index contributed by atoms with van der Waals surface area (Å²) in [7, 11) is 4.95. The van der Waals surface area contributed by atoms with Crippen molar-refractivity contribution < 1.29 is 23.0 Å². The third-order valence-corrected chi connectivity index (χ3v) is 6.95. The van der Waals surface area contributed by atoms with Gasteiger partial charge in [0.05, 0.1) is 20.8 Å². The van der Waals surface area contributed by atoms with Gasteiger partial charge in [0, 0.05) is 24.8 Å². The molecule has 1 aliphatic rings. The van der Waals surface area contributed by atoms with Crippen LogP contribution in [-0.4, -0.2) is 43.2 Å². The van der Waals surface area contributed by atoms with Gasteiger partial charge in [-0.2, -0.15) is 0 Å². The Bertz CT molecular complexity index is 1220. The minimum absolute atomic E-state index is 0.000722. The maximum atomic E-state index is 14.5. The van der Waals surface area contributed by atoms with E-state index in [1.54, 1.807) is 26.2 Å². The van der Waals surface area contributed by atoms with Gasteiger partial charge in [-0.3, -0.25) is 4.79 Å². The molecule has 7 heteroatoms. The van der Waals surface area contributed by atoms with E-state index in [0.717, 1.165) is 48.1 Å². The molecule has 1 aromatic heterocycles. The Balaban J connectivity index is 1.62. The molecule has 186 valence electrons. The summed E-state index contributed by atoms with van der Waals surface area (Å²) in [6.07, 6.45) is 4.36. The van der Waals surface area contributed by atoms with Crippen LogP contribution in [0.25, 0.3) is 0 Å². The number of nitrogens with zero attached hydrogens (tertiary/aromatic N) is 2. The fourth-order valence-corrected chi connectivity index (χ4v) is 4.98. The molecule has 0 unspecified atom stereocenters. The van der Waals surface area contributed by atoms with Crippen molar-refractivity contribution in [2.24, 2.45) is 0 Å². The first-order valence-corrected chi connectivity index (χ1v) is 12.0. The largest absolute Gasteiger partial charge is 0.493 e. The number of likely N-dealkylation sites (N-methyl/N-ethyl adjacent to an activating group) is 1. The second kappa shape index (κ2) is 10.5. The van der Waals surface area contributed by atoms with Gasteiger partial charge in [0.25, 0.3) is 5.91 Å². The van der Waals surface area contributed by atoms with E-state index in [4.69, 9.17) is 9.47 Å². The van der Waals surface area contributed by atoms with Crippen molar-refractivity contribution >= 4 is 5.91 Å². The zero-order chi connectivity index (χ0) is 25.1. The molecule has 1 amide bonds. The average Bonchev–Trinajstić information content (AvgIpc) is 3.15. The van der Waals surface area contributed by atoms with Gasteiger partial charge >= 0.3 is 0 Å². The lowest BCUT2D eigenvalue weighted by Crippen LogP contribution is -2.31. The standard InChI is InChI=1S/C28H32F2N2O3/c1-18-20-8-5-6-11-24(20)32(17-21-22(29)9-7-10-23(21)30)27(18)28(33)31(2)15-14-19-12-13-25(34-3)26(16-19)35-4/h7,9-10,12-13,16H,5-6,8,11,14-15,17H2,1-4H3. The number of fused-ring (bicyclic) bond motifs is 1. The topological polar surface area (TPSA) is 43.7 Å². The van der Waals surface area contributed by atoms with Gasteiger partial charge in [0.15, 0.2) is 11.5 Å². The number of ether oxygens (including phenoxy) is 2. The first-order chi connectivity index (χ1) is 16.8. The average molecular weight is 483 g/mol. The van der Waals surface area contributed by atoms with Crippen LogP contribution in [0.1, 0.15) is 51.3 Å². The van der Waals surface area contributed by atoms with Crippen LogP contribution in [0, 0.1) is 18.6 Å². The van der Waals surface area contributed by atoms with Crippen molar-refractivity contribution in [3.05, 3.63) is 81.7 Å². The molecule has 5 nitrogen and oxygen atoms in total. The van der Waals surface area contributed by atoms with E-state index < -0.39 is 11.6 Å². The van der Waals surface area contributed by atoms with E-state index in [1.807, 2.05) is 29.7 Å². The molecule has 1 aliphatic carbocycles. The van der Waals surface area contributed by atoms with Crippen LogP contribution in [-0.2, 0) is 25.8 Å². The van der Waals surface area contributed by atoms with Crippen LogP contribution in [0.5, 0.6) is 11.5 Å². The first kappa shape index (κ1) is 24.8. The summed E-state index contributed by atoms with van der Waals surface area (Å²) in [5.41, 5.74) is 4.60. The zero-order valence-corrected chi connectivity index (χ0v) is 20.8. The van der Waals surface area contributed by atoms with Crippen LogP contribution in [0.15, 0.2) is 36.4 Å². The van der Waals surface area contributed by atoms with Crippen molar-refractivity contribution in [1.29, 1.82) is 0 Å². The van der Waals surface area contributed by atoms with Gasteiger partial charge < -0.3 is 18.9 Å². The molecule has 0 radical (unpaired) electrons. The quantitative estimate of drug-likeness (QED) is 0.436. The lowest BCUT2D eigenvalue weighted by molar-refractivity contribution is 0.0785. The zero-order valence-electron chi connectivity index (χ0n) is 20.8. The molecule has 0 N–H and O–H groups in total. The number of carbonyl (C=O) groups excluding carboxylic acids is 1. The highest BCUT2D eigenvalue weighted by molar-refractivity contribution is 5.95. The Labute approximate surface area is 205 Å². The van der Waals surface area contributed by atoms with Crippen LogP contribution < -0.4 is 9.47 Å². The number of methoxy groups -OCH3 is 2. The lowest BCUT2D eigenvalue weighted by atomic mass is 9.95. The number of amides is 1. The van der Waals surface area contributed by atoms with E-state index in [0.29, 0.717) is 30.2 Å². The van der Waals surface area contributed by atoms with Gasteiger partial charge in [-0.1, -0.05) is 12.1 Å². The van der Waals surface area contributed by atoms with Gasteiger partial charge in [0.2, 0.25) is 0 Å². The van der Waals surface area contributed by atoms with E-state index in [9.17, 15) is 13.6 Å².